The molecule has 0 aliphatic carbocycles. The SMILES string of the molecule is [Cu].[SH-].[SH-].[SH-].[SH-].[SH-].[SH-].[c-]1ccccc1. The molecule has 0 N–H and O–H groups in total. The molecule has 13 heavy (non-hydrogen) atoms. The third-order valence-electron chi connectivity index (χ3n) is 0.607. The standard InChI is InChI=1S/C6H5.Cu.6H2S/c1-2-4-6-5-3-1;;;;;;;/h1-5H;;6*1H2/q-1;;;;;;;/p-6. The minimum atomic E-state index is 0. The number of hydrogen-bond acceptors (Lipinski definition) is 6. The smallest absolute Gasteiger partial charge is 0 e. The van der Waals surface area contributed by atoms with E-state index < -0.39 is 0 Å². The molecule has 0 bridgehead atoms. The molecule has 0 aliphatic heterocycles. The van der Waals surface area contributed by atoms with Crippen LogP contribution >= 0.6 is 0 Å². The van der Waals surface area contributed by atoms with Crippen LogP contribution in [-0.2, 0) is 98.0 Å². The van der Waals surface area contributed by atoms with Crippen molar-refractivity contribution in [2.75, 3.05) is 0 Å². The average Bonchev–Trinajstić information content (AvgIpc) is 1.72. The molecular weight excluding hydrogens is 328 g/mol. The summed E-state index contributed by atoms with van der Waals surface area (Å²) in [5.74, 6) is 0. The van der Waals surface area contributed by atoms with Crippen molar-refractivity contribution in [2.45, 2.75) is 0 Å². The van der Waals surface area contributed by atoms with Crippen LogP contribution in [0.3, 0.4) is 0 Å². The Hall–Kier alpha value is 1.84. The van der Waals surface area contributed by atoms with E-state index in [1.807, 2.05) is 30.3 Å². The van der Waals surface area contributed by atoms with Crippen LogP contribution in [0.1, 0.15) is 0 Å². The Labute approximate surface area is 133 Å². The molecule has 0 aliphatic rings. The molecule has 0 unspecified atom stereocenters. The monoisotopic (exact) mass is 338 g/mol. The molecule has 1 rings (SSSR count). The van der Waals surface area contributed by atoms with Gasteiger partial charge in [0.2, 0.25) is 0 Å². The van der Waals surface area contributed by atoms with Crippen molar-refractivity contribution in [1.82, 2.24) is 0 Å². The average molecular weight is 339 g/mol. The van der Waals surface area contributed by atoms with Crippen LogP contribution in [0.25, 0.3) is 0 Å². The summed E-state index contributed by atoms with van der Waals surface area (Å²) in [6, 6.07) is 12.5. The molecule has 0 saturated carbocycles. The Morgan fingerprint density at radius 1 is 0.538 bits per heavy atom. The summed E-state index contributed by atoms with van der Waals surface area (Å²) >= 11 is 0. The first-order chi connectivity index (χ1) is 3.00. The van der Waals surface area contributed by atoms with Gasteiger partial charge >= 0.3 is 0 Å². The topological polar surface area (TPSA) is 0 Å². The van der Waals surface area contributed by atoms with E-state index in [4.69, 9.17) is 0 Å². The van der Waals surface area contributed by atoms with Gasteiger partial charge in [0, 0.05) is 17.1 Å². The van der Waals surface area contributed by atoms with E-state index in [2.05, 4.69) is 6.07 Å². The third kappa shape index (κ3) is 31.6. The summed E-state index contributed by atoms with van der Waals surface area (Å²) in [7, 11) is 0. The van der Waals surface area contributed by atoms with Crippen LogP contribution in [0.2, 0.25) is 0 Å². The van der Waals surface area contributed by atoms with E-state index >= 15 is 0 Å². The maximum Gasteiger partial charge on any atom is 0 e. The van der Waals surface area contributed by atoms with E-state index in [1.165, 1.54) is 0 Å². The fraction of sp³-hybridized carbons (Fsp3) is 0. The number of rotatable bonds is 0. The Kier molecular flexibility index (Phi) is 132. The number of thiol groups is 6. The first-order valence-electron chi connectivity index (χ1n) is 1.91. The Morgan fingerprint density at radius 2 is 0.846 bits per heavy atom. The van der Waals surface area contributed by atoms with Crippen LogP contribution in [0, 0.1) is 6.07 Å². The van der Waals surface area contributed by atoms with Crippen LogP contribution in [0.15, 0.2) is 30.3 Å². The van der Waals surface area contributed by atoms with E-state index in [0.29, 0.717) is 0 Å². The normalized spacial score (nSPS) is 3.69. The molecule has 0 saturated heterocycles. The fourth-order valence-corrected chi connectivity index (χ4v) is 0.342. The zero-order valence-corrected chi connectivity index (χ0v) is 12.7. The second-order valence-corrected chi connectivity index (χ2v) is 1.08. The summed E-state index contributed by atoms with van der Waals surface area (Å²) in [4.78, 5) is 0. The van der Waals surface area contributed by atoms with Gasteiger partial charge in [-0.15, -0.1) is 0 Å². The van der Waals surface area contributed by atoms with Crippen molar-refractivity contribution < 1.29 is 17.1 Å². The maximum absolute atomic E-state index is 2.89. The Morgan fingerprint density at radius 3 is 0.923 bits per heavy atom. The first-order valence-corrected chi connectivity index (χ1v) is 1.91. The van der Waals surface area contributed by atoms with Gasteiger partial charge in [-0.1, -0.05) is 0 Å². The van der Waals surface area contributed by atoms with Gasteiger partial charge in [-0.05, 0) is 0 Å². The molecule has 0 amide bonds. The molecule has 0 spiro atoms. The molecule has 1 radical (unpaired) electrons. The predicted octanol–water partition coefficient (Wildman–Crippen LogP) is -0.136. The molecule has 0 aromatic heterocycles. The molecule has 0 atom stereocenters. The van der Waals surface area contributed by atoms with Gasteiger partial charge in [0.1, 0.15) is 0 Å². The summed E-state index contributed by atoms with van der Waals surface area (Å²) in [5.41, 5.74) is 0. The second kappa shape index (κ2) is 37.1. The van der Waals surface area contributed by atoms with Gasteiger partial charge in [-0.2, -0.15) is 36.4 Å². The summed E-state index contributed by atoms with van der Waals surface area (Å²) in [6.45, 7) is 0. The van der Waals surface area contributed by atoms with E-state index in [1.54, 1.807) is 0 Å². The van der Waals surface area contributed by atoms with Gasteiger partial charge < -0.3 is 81.0 Å². The number of hydrogen-bond donors (Lipinski definition) is 0. The summed E-state index contributed by atoms with van der Waals surface area (Å²) < 4.78 is 0. The van der Waals surface area contributed by atoms with Gasteiger partial charge in [-0.3, -0.25) is 0 Å². The first kappa shape index (κ1) is 46.2. The molecule has 0 nitrogen and oxygen atoms in total. The van der Waals surface area contributed by atoms with Gasteiger partial charge in [0.15, 0.2) is 0 Å². The minimum absolute atomic E-state index is 0. The zero-order chi connectivity index (χ0) is 4.24. The molecule has 0 fully saturated rings. The van der Waals surface area contributed by atoms with Gasteiger partial charge in [0.25, 0.3) is 0 Å². The second-order valence-electron chi connectivity index (χ2n) is 1.08. The molecule has 1 aromatic rings. The van der Waals surface area contributed by atoms with Gasteiger partial charge in [-0.25, -0.2) is 0 Å². The summed E-state index contributed by atoms with van der Waals surface area (Å²) in [6.07, 6.45) is 0. The molecule has 7 heteroatoms. The van der Waals surface area contributed by atoms with Crippen LogP contribution in [0.4, 0.5) is 0 Å². The van der Waals surface area contributed by atoms with Crippen molar-refractivity contribution in [3.63, 3.8) is 0 Å². The molecule has 0 heterocycles. The largest absolute Gasteiger partial charge is 0.813 e. The van der Waals surface area contributed by atoms with Crippen LogP contribution in [-0.4, -0.2) is 0 Å². The fourth-order valence-electron chi connectivity index (χ4n) is 0.342. The van der Waals surface area contributed by atoms with Crippen molar-refractivity contribution in [3.05, 3.63) is 36.4 Å². The third-order valence-corrected chi connectivity index (χ3v) is 0.607. The maximum atomic E-state index is 2.89. The molecule has 1 aromatic carbocycles. The van der Waals surface area contributed by atoms with Crippen molar-refractivity contribution in [3.8, 4) is 0 Å². The van der Waals surface area contributed by atoms with E-state index in [0.717, 1.165) is 0 Å². The van der Waals surface area contributed by atoms with Crippen LogP contribution < -0.4 is 0 Å². The predicted molar refractivity (Wildman–Crippen MR) is 77.8 cm³/mol. The number of benzene rings is 1. The molecule has 89 valence electrons. The van der Waals surface area contributed by atoms with E-state index in [9.17, 15) is 0 Å². The Balaban J connectivity index is -0.0000000103. The van der Waals surface area contributed by atoms with E-state index in [-0.39, 0.29) is 98.0 Å². The van der Waals surface area contributed by atoms with Crippen LogP contribution in [0.5, 0.6) is 0 Å². The Bertz CT molecular complexity index is 89.0. The quantitative estimate of drug-likeness (QED) is 0.277. The minimum Gasteiger partial charge on any atom is -0.813 e. The molecular formula is C6H11CuS6-7. The van der Waals surface area contributed by atoms with Gasteiger partial charge in [0.05, 0.1) is 0 Å². The van der Waals surface area contributed by atoms with Crippen molar-refractivity contribution in [1.29, 1.82) is 0 Å². The van der Waals surface area contributed by atoms with Crippen molar-refractivity contribution >= 4 is 81.0 Å². The summed E-state index contributed by atoms with van der Waals surface area (Å²) in [5, 5.41) is 0. The van der Waals surface area contributed by atoms with Crippen molar-refractivity contribution in [2.24, 2.45) is 0 Å². The zero-order valence-electron chi connectivity index (χ0n) is 6.37.